The van der Waals surface area contributed by atoms with Crippen molar-refractivity contribution in [3.05, 3.63) is 69.4 Å². The molecule has 1 fully saturated rings. The Morgan fingerprint density at radius 3 is 2.72 bits per heavy atom. The van der Waals surface area contributed by atoms with Crippen LogP contribution in [0.1, 0.15) is 31.4 Å². The van der Waals surface area contributed by atoms with Crippen LogP contribution in [0, 0.1) is 0 Å². The van der Waals surface area contributed by atoms with Crippen LogP contribution >= 0.6 is 11.3 Å². The summed E-state index contributed by atoms with van der Waals surface area (Å²) in [6.45, 7) is 0.00965. The molecular formula is C24H25N5O5S2. The summed E-state index contributed by atoms with van der Waals surface area (Å²) in [4.78, 5) is 14.2. The van der Waals surface area contributed by atoms with Crippen LogP contribution in [0.5, 0.6) is 11.5 Å². The maximum atomic E-state index is 13.4. The van der Waals surface area contributed by atoms with Gasteiger partial charge in [0.2, 0.25) is 10.0 Å². The molecule has 0 saturated heterocycles. The van der Waals surface area contributed by atoms with E-state index in [0.717, 1.165) is 42.7 Å². The summed E-state index contributed by atoms with van der Waals surface area (Å²) in [5.41, 5.74) is 2.36. The van der Waals surface area contributed by atoms with Crippen molar-refractivity contribution in [2.24, 2.45) is 0 Å². The maximum absolute atomic E-state index is 13.4. The number of nitrogens with zero attached hydrogens (tertiary/aromatic N) is 3. The normalized spacial score (nSPS) is 14.2. The van der Waals surface area contributed by atoms with E-state index in [2.05, 4.69) is 20.0 Å². The highest BCUT2D eigenvalue weighted by Gasteiger charge is 2.26. The number of aromatic amines is 1. The molecule has 0 amide bonds. The molecule has 0 aliphatic heterocycles. The molecule has 2 aromatic heterocycles. The highest BCUT2D eigenvalue weighted by atomic mass is 32.2. The summed E-state index contributed by atoms with van der Waals surface area (Å²) in [7, 11) is -2.29. The Morgan fingerprint density at radius 1 is 1.17 bits per heavy atom. The lowest BCUT2D eigenvalue weighted by Gasteiger charge is -2.16. The van der Waals surface area contributed by atoms with Gasteiger partial charge in [0.15, 0.2) is 0 Å². The van der Waals surface area contributed by atoms with Gasteiger partial charge in [0.1, 0.15) is 34.4 Å². The second-order valence-electron chi connectivity index (χ2n) is 8.44. The third-order valence-electron chi connectivity index (χ3n) is 5.99. The summed E-state index contributed by atoms with van der Waals surface area (Å²) >= 11 is 1.02. The lowest BCUT2D eigenvalue weighted by atomic mass is 10.2. The van der Waals surface area contributed by atoms with Crippen molar-refractivity contribution in [1.82, 2.24) is 24.7 Å². The summed E-state index contributed by atoms with van der Waals surface area (Å²) in [5.74, 6) is 0.831. The number of methoxy groups -OCH3 is 1. The van der Waals surface area contributed by atoms with Crippen molar-refractivity contribution in [2.45, 2.75) is 43.2 Å². The van der Waals surface area contributed by atoms with E-state index in [-0.39, 0.29) is 28.2 Å². The molecule has 10 nitrogen and oxygen atoms in total. The molecule has 0 spiro atoms. The third kappa shape index (κ3) is 5.20. The predicted molar refractivity (Wildman–Crippen MR) is 135 cm³/mol. The number of para-hydroxylation sites is 2. The lowest BCUT2D eigenvalue weighted by molar-refractivity contribution is 0.293. The SMILES string of the molecule is COc1ccccc1-n1cc(COc2ccc(-c3csc(=O)[nH]3)cc2S(=O)(=O)NC2CCCC2)nn1. The van der Waals surface area contributed by atoms with Gasteiger partial charge >= 0.3 is 4.87 Å². The smallest absolute Gasteiger partial charge is 0.304 e. The molecule has 0 unspecified atom stereocenters. The van der Waals surface area contributed by atoms with E-state index >= 15 is 0 Å². The van der Waals surface area contributed by atoms with Gasteiger partial charge in [-0.3, -0.25) is 4.79 Å². The van der Waals surface area contributed by atoms with Crippen molar-refractivity contribution in [3.8, 4) is 28.4 Å². The minimum absolute atomic E-state index is 0.00965. The van der Waals surface area contributed by atoms with E-state index in [1.54, 1.807) is 35.5 Å². The van der Waals surface area contributed by atoms with E-state index in [1.807, 2.05) is 24.3 Å². The maximum Gasteiger partial charge on any atom is 0.304 e. The molecule has 0 atom stereocenters. The van der Waals surface area contributed by atoms with E-state index in [1.165, 1.54) is 6.07 Å². The van der Waals surface area contributed by atoms with Crippen molar-refractivity contribution in [2.75, 3.05) is 7.11 Å². The molecular weight excluding hydrogens is 502 g/mol. The fraction of sp³-hybridized carbons (Fsp3) is 0.292. The predicted octanol–water partition coefficient (Wildman–Crippen LogP) is 3.49. The zero-order chi connectivity index (χ0) is 25.1. The number of ether oxygens (including phenoxy) is 2. The number of rotatable bonds is 9. The monoisotopic (exact) mass is 527 g/mol. The number of sulfonamides is 1. The first-order valence-corrected chi connectivity index (χ1v) is 13.8. The van der Waals surface area contributed by atoms with Crippen LogP contribution in [-0.2, 0) is 16.6 Å². The fourth-order valence-electron chi connectivity index (χ4n) is 4.21. The number of nitrogens with one attached hydrogen (secondary N) is 2. The number of H-pyrrole nitrogens is 1. The van der Waals surface area contributed by atoms with Crippen molar-refractivity contribution >= 4 is 21.4 Å². The van der Waals surface area contributed by atoms with Crippen molar-refractivity contribution < 1.29 is 17.9 Å². The molecule has 4 aromatic rings. The molecule has 2 aromatic carbocycles. The molecule has 12 heteroatoms. The molecule has 1 aliphatic carbocycles. The molecule has 188 valence electrons. The van der Waals surface area contributed by atoms with Gasteiger partial charge in [-0.15, -0.1) is 5.10 Å². The molecule has 0 bridgehead atoms. The summed E-state index contributed by atoms with van der Waals surface area (Å²) in [6, 6.07) is 12.1. The molecule has 36 heavy (non-hydrogen) atoms. The topological polar surface area (TPSA) is 128 Å². The van der Waals surface area contributed by atoms with Gasteiger partial charge in [-0.2, -0.15) is 0 Å². The second kappa shape index (κ2) is 10.2. The molecule has 2 heterocycles. The Bertz CT molecular complexity index is 1520. The van der Waals surface area contributed by atoms with Crippen LogP contribution in [0.15, 0.2) is 63.7 Å². The fourth-order valence-corrected chi connectivity index (χ4v) is 6.27. The highest BCUT2D eigenvalue weighted by molar-refractivity contribution is 7.89. The summed E-state index contributed by atoms with van der Waals surface area (Å²) in [6.07, 6.45) is 5.30. The molecule has 2 N–H and O–H groups in total. The number of benzene rings is 2. The van der Waals surface area contributed by atoms with E-state index in [4.69, 9.17) is 9.47 Å². The first kappa shape index (κ1) is 24.2. The standard InChI is InChI=1S/C24H25N5O5S2/c1-33-21-9-5-4-8-20(21)29-13-18(26-28-29)14-34-22-11-10-16(19-15-35-24(30)25-19)12-23(22)36(31,32)27-17-6-2-3-7-17/h4-5,8-13,15,17,27H,2-3,6-7,14H2,1H3,(H,25,30). The summed E-state index contributed by atoms with van der Waals surface area (Å²) < 4.78 is 42.4. The van der Waals surface area contributed by atoms with Gasteiger partial charge in [0, 0.05) is 17.0 Å². The average Bonchev–Trinajstić information content (AvgIpc) is 3.65. The first-order valence-electron chi connectivity index (χ1n) is 11.4. The minimum atomic E-state index is -3.87. The van der Waals surface area contributed by atoms with E-state index < -0.39 is 10.0 Å². The van der Waals surface area contributed by atoms with Crippen LogP contribution < -0.4 is 19.1 Å². The average molecular weight is 528 g/mol. The minimum Gasteiger partial charge on any atom is -0.494 e. The Morgan fingerprint density at radius 2 is 1.97 bits per heavy atom. The lowest BCUT2D eigenvalue weighted by Crippen LogP contribution is -2.33. The Hall–Kier alpha value is -3.48. The Kier molecular flexibility index (Phi) is 6.90. The Balaban J connectivity index is 1.42. The number of hydrogen-bond donors (Lipinski definition) is 2. The van der Waals surface area contributed by atoms with Gasteiger partial charge in [-0.05, 0) is 43.2 Å². The quantitative estimate of drug-likeness (QED) is 0.341. The van der Waals surface area contributed by atoms with Gasteiger partial charge in [-0.1, -0.05) is 41.5 Å². The van der Waals surface area contributed by atoms with Crippen LogP contribution in [-0.4, -0.2) is 41.5 Å². The highest BCUT2D eigenvalue weighted by Crippen LogP contribution is 2.31. The van der Waals surface area contributed by atoms with E-state index in [0.29, 0.717) is 22.7 Å². The van der Waals surface area contributed by atoms with Crippen LogP contribution in [0.2, 0.25) is 0 Å². The van der Waals surface area contributed by atoms with Crippen LogP contribution in [0.3, 0.4) is 0 Å². The Labute approximate surface area is 212 Å². The summed E-state index contributed by atoms with van der Waals surface area (Å²) in [5, 5.41) is 9.96. The van der Waals surface area contributed by atoms with Crippen molar-refractivity contribution in [1.29, 1.82) is 0 Å². The molecule has 1 aliphatic rings. The van der Waals surface area contributed by atoms with Crippen molar-refractivity contribution in [3.63, 3.8) is 0 Å². The van der Waals surface area contributed by atoms with Gasteiger partial charge in [-0.25, -0.2) is 17.8 Å². The number of hydrogen-bond acceptors (Lipinski definition) is 8. The first-order chi connectivity index (χ1) is 17.4. The second-order valence-corrected chi connectivity index (χ2v) is 11.0. The zero-order valence-electron chi connectivity index (χ0n) is 19.5. The largest absolute Gasteiger partial charge is 0.494 e. The van der Waals surface area contributed by atoms with Gasteiger partial charge in [0.05, 0.1) is 19.0 Å². The molecule has 1 saturated carbocycles. The third-order valence-corrected chi connectivity index (χ3v) is 8.20. The number of aromatic nitrogens is 4. The van der Waals surface area contributed by atoms with Crippen LogP contribution in [0.4, 0.5) is 0 Å². The molecule has 5 rings (SSSR count). The van der Waals surface area contributed by atoms with Gasteiger partial charge in [0.25, 0.3) is 0 Å². The van der Waals surface area contributed by atoms with Gasteiger partial charge < -0.3 is 14.5 Å². The zero-order valence-corrected chi connectivity index (χ0v) is 21.1. The number of thiazole rings is 1. The van der Waals surface area contributed by atoms with E-state index in [9.17, 15) is 13.2 Å². The van der Waals surface area contributed by atoms with Crippen LogP contribution in [0.25, 0.3) is 16.9 Å². The molecule has 0 radical (unpaired) electrons.